The molecule has 12 nitrogen and oxygen atoms in total. The Balaban J connectivity index is 0.000000111. The molecule has 23 rings (SSSR count). The predicted octanol–water partition coefficient (Wildman–Crippen LogP) is 27.4. The van der Waals surface area contributed by atoms with E-state index in [1.165, 1.54) is 71.7 Å². The summed E-state index contributed by atoms with van der Waals surface area (Å²) in [6.45, 7) is 0. The van der Waals surface area contributed by atoms with Gasteiger partial charge in [-0.3, -0.25) is 4.57 Å². The van der Waals surface area contributed by atoms with Gasteiger partial charge in [-0.05, 0) is 193 Å². The van der Waals surface area contributed by atoms with Gasteiger partial charge in [0.25, 0.3) is 0 Å². The Labute approximate surface area is 698 Å². The highest BCUT2D eigenvalue weighted by atomic mass is 32.1. The molecule has 7 aromatic heterocycles. The minimum atomic E-state index is 0.555. The van der Waals surface area contributed by atoms with Crippen LogP contribution < -0.4 is 14.4 Å². The largest absolute Gasteiger partial charge is 0.443 e. The summed E-state index contributed by atoms with van der Waals surface area (Å²) in [4.78, 5) is 20.8. The average Bonchev–Trinajstić information content (AvgIpc) is 1.61. The Kier molecular flexibility index (Phi) is 18.9. The third kappa shape index (κ3) is 13.3. The van der Waals surface area contributed by atoms with Crippen LogP contribution in [0.1, 0.15) is 0 Å². The average molecular weight is 1580 g/mol. The molecule has 0 amide bonds. The van der Waals surface area contributed by atoms with E-state index in [2.05, 4.69) is 346 Å². The standard InChI is InChI=1S/C38H25N6.C34H23N3S.C32H21N3S2/c1-4-14-26(15-5-1)36-39-37(42-22-12-3-13-23-42)41-38(40-36)44-33-21-11-9-19-29(33)31-24-30-28-18-8-10-20-32(28)43(34(30)25-35(31)44)27-16-6-2-7-17-27;1-4-12-24(13-5-1)31-29-18-10-11-19-30(29)32(34-33(31)35-38-36-34)25-20-22-28(23-21-25)37(26-14-6-2-7-15-26)27-16-8-3-9-17-27;1-3-10-23(11-4-1)35(24-12-5-2-6-13-24)25-19-17-22(18-20-25)29-26-14-7-8-15-27(26)30(28-16-9-21-36-28)32-31(29)33-37-34-32/h1-25H;1-23H;1-21H/q+1;;. The van der Waals surface area contributed by atoms with Crippen LogP contribution >= 0.6 is 34.8 Å². The van der Waals surface area contributed by atoms with Crippen molar-refractivity contribution >= 4 is 156 Å². The summed E-state index contributed by atoms with van der Waals surface area (Å²) in [6.07, 6.45) is 3.92. The second-order valence-electron chi connectivity index (χ2n) is 28.8. The van der Waals surface area contributed by atoms with Crippen LogP contribution in [0.15, 0.2) is 418 Å². The minimum absolute atomic E-state index is 0.555. The SMILES string of the molecule is c1ccc(-c2c3ccccc3c(-c3ccc(N(c4ccccc4)c4ccccc4)cc3)c3nsnc23)cc1.c1ccc(-c2nc(-n3c4ccccc4c4cc5c6ccccc6n(-c6ccccc6)c5cc43)nc(-[n+]3ccccc3)n2)cc1.c1ccc(N(c2ccccc2)c2ccc(-c3c4ccccc4c(-c4cccs4)c4nsnc34)cc2)cc1. The molecule has 16 aromatic carbocycles. The number of para-hydroxylation sites is 7. The summed E-state index contributed by atoms with van der Waals surface area (Å²) in [6, 6.07) is 140. The van der Waals surface area contributed by atoms with Crippen LogP contribution in [-0.2, 0) is 0 Å². The Morgan fingerprint density at radius 1 is 0.252 bits per heavy atom. The smallest absolute Gasteiger partial charge is 0.311 e. The summed E-state index contributed by atoms with van der Waals surface area (Å²) in [5, 5.41) is 11.6. The zero-order chi connectivity index (χ0) is 79.0. The number of hydrogen-bond donors (Lipinski definition) is 0. The lowest BCUT2D eigenvalue weighted by Crippen LogP contribution is -2.33. The van der Waals surface area contributed by atoms with Crippen LogP contribution in [0.2, 0.25) is 0 Å². The van der Waals surface area contributed by atoms with E-state index < -0.39 is 0 Å². The number of nitrogens with zero attached hydrogens (tertiary/aromatic N) is 12. The number of pyridine rings is 1. The number of anilines is 6. The van der Waals surface area contributed by atoms with E-state index in [9.17, 15) is 0 Å². The molecule has 562 valence electrons. The molecule has 0 radical (unpaired) electrons. The minimum Gasteiger partial charge on any atom is -0.311 e. The number of fused-ring (bicyclic) bond motifs is 10. The van der Waals surface area contributed by atoms with E-state index in [1.54, 1.807) is 11.3 Å². The summed E-state index contributed by atoms with van der Waals surface area (Å²) >= 11 is 4.30. The van der Waals surface area contributed by atoms with Crippen molar-refractivity contribution in [2.45, 2.75) is 0 Å². The van der Waals surface area contributed by atoms with Crippen molar-refractivity contribution in [1.29, 1.82) is 0 Å². The summed E-state index contributed by atoms with van der Waals surface area (Å²) in [7, 11) is 0. The quantitative estimate of drug-likeness (QED) is 0.0983. The molecule has 0 aliphatic carbocycles. The van der Waals surface area contributed by atoms with E-state index in [0.29, 0.717) is 17.7 Å². The molecule has 0 saturated heterocycles. The zero-order valence-corrected chi connectivity index (χ0v) is 66.4. The van der Waals surface area contributed by atoms with Gasteiger partial charge in [0.05, 0.1) is 57.9 Å². The summed E-state index contributed by atoms with van der Waals surface area (Å²) in [5.41, 5.74) is 25.0. The van der Waals surface area contributed by atoms with Crippen LogP contribution in [0.4, 0.5) is 34.1 Å². The molecule has 0 aliphatic heterocycles. The Morgan fingerprint density at radius 2 is 0.605 bits per heavy atom. The van der Waals surface area contributed by atoms with Gasteiger partial charge in [-0.2, -0.15) is 22.5 Å². The van der Waals surface area contributed by atoms with Crippen molar-refractivity contribution in [3.63, 3.8) is 0 Å². The topological polar surface area (TPSA) is 110 Å². The van der Waals surface area contributed by atoms with Crippen molar-refractivity contribution in [2.75, 3.05) is 9.80 Å². The first kappa shape index (κ1) is 71.5. The second kappa shape index (κ2) is 31.5. The van der Waals surface area contributed by atoms with Crippen LogP contribution in [0.3, 0.4) is 0 Å². The molecule has 119 heavy (non-hydrogen) atoms. The molecule has 0 aliphatic rings. The van der Waals surface area contributed by atoms with Gasteiger partial charge in [0.1, 0.15) is 22.1 Å². The van der Waals surface area contributed by atoms with Gasteiger partial charge in [0.2, 0.25) is 5.82 Å². The fourth-order valence-electron chi connectivity index (χ4n) is 16.6. The number of aromatic nitrogens is 10. The molecule has 0 N–H and O–H groups in total. The molecule has 0 bridgehead atoms. The van der Waals surface area contributed by atoms with Gasteiger partial charge in [0, 0.05) is 94.1 Å². The molecular weight excluding hydrogens is 1510 g/mol. The first-order valence-electron chi connectivity index (χ1n) is 39.3. The maximum atomic E-state index is 5.10. The molecule has 0 atom stereocenters. The number of hydrogen-bond acceptors (Lipinski definition) is 12. The van der Waals surface area contributed by atoms with Crippen molar-refractivity contribution in [3.8, 4) is 72.8 Å². The van der Waals surface area contributed by atoms with E-state index in [4.69, 9.17) is 32.4 Å². The summed E-state index contributed by atoms with van der Waals surface area (Å²) < 4.78 is 25.6. The predicted molar refractivity (Wildman–Crippen MR) is 494 cm³/mol. The normalized spacial score (nSPS) is 11.4. The lowest BCUT2D eigenvalue weighted by molar-refractivity contribution is -0.603. The number of benzene rings is 16. The highest BCUT2D eigenvalue weighted by Crippen LogP contribution is 2.48. The third-order valence-electron chi connectivity index (χ3n) is 21.8. The summed E-state index contributed by atoms with van der Waals surface area (Å²) in [5.74, 6) is 1.74. The van der Waals surface area contributed by atoms with Crippen LogP contribution in [0, 0.1) is 0 Å². The van der Waals surface area contributed by atoms with Crippen LogP contribution in [-0.4, -0.2) is 41.6 Å². The Hall–Kier alpha value is -15.3. The molecule has 0 unspecified atom stereocenters. The van der Waals surface area contributed by atoms with E-state index >= 15 is 0 Å². The maximum Gasteiger partial charge on any atom is 0.443 e. The molecule has 7 heterocycles. The van der Waals surface area contributed by atoms with Crippen LogP contribution in [0.5, 0.6) is 0 Å². The van der Waals surface area contributed by atoms with Gasteiger partial charge in [-0.25, -0.2) is 4.57 Å². The molecule has 0 fully saturated rings. The highest BCUT2D eigenvalue weighted by molar-refractivity contribution is 7.13. The molecular formula is C104H69N12S3+. The Morgan fingerprint density at radius 3 is 1.05 bits per heavy atom. The fraction of sp³-hybridized carbons (Fsp3) is 0. The highest BCUT2D eigenvalue weighted by Gasteiger charge is 2.28. The number of rotatable bonds is 14. The van der Waals surface area contributed by atoms with E-state index in [-0.39, 0.29) is 0 Å². The number of thiophene rings is 1. The van der Waals surface area contributed by atoms with Gasteiger partial charge in [0.15, 0.2) is 0 Å². The first-order valence-corrected chi connectivity index (χ1v) is 41.7. The lowest BCUT2D eigenvalue weighted by atomic mass is 9.90. The van der Waals surface area contributed by atoms with E-state index in [0.717, 1.165) is 128 Å². The maximum absolute atomic E-state index is 5.10. The van der Waals surface area contributed by atoms with Gasteiger partial charge < -0.3 is 14.4 Å². The van der Waals surface area contributed by atoms with Gasteiger partial charge >= 0.3 is 11.9 Å². The fourth-order valence-corrected chi connectivity index (χ4v) is 18.5. The van der Waals surface area contributed by atoms with Crippen molar-refractivity contribution in [3.05, 3.63) is 418 Å². The monoisotopic (exact) mass is 1580 g/mol. The zero-order valence-electron chi connectivity index (χ0n) is 63.9. The van der Waals surface area contributed by atoms with E-state index in [1.807, 2.05) is 95.8 Å². The molecule has 23 aromatic rings. The van der Waals surface area contributed by atoms with Gasteiger partial charge in [-0.1, -0.05) is 261 Å². The van der Waals surface area contributed by atoms with Crippen LogP contribution in [0.25, 0.3) is 160 Å². The van der Waals surface area contributed by atoms with Crippen molar-refractivity contribution < 1.29 is 4.57 Å². The molecule has 15 heteroatoms. The van der Waals surface area contributed by atoms with Gasteiger partial charge in [-0.15, -0.1) is 11.3 Å². The Bertz CT molecular complexity index is 7430. The molecule has 0 saturated carbocycles. The second-order valence-corrected chi connectivity index (χ2v) is 30.8. The van der Waals surface area contributed by atoms with Crippen molar-refractivity contribution in [2.24, 2.45) is 0 Å². The first-order chi connectivity index (χ1) is 59.1. The molecule has 0 spiro atoms. The lowest BCUT2D eigenvalue weighted by Gasteiger charge is -2.25. The van der Waals surface area contributed by atoms with Crippen molar-refractivity contribution in [1.82, 2.24) is 41.6 Å². The third-order valence-corrected chi connectivity index (χ3v) is 23.8.